The highest BCUT2D eigenvalue weighted by atomic mass is 16.5. The van der Waals surface area contributed by atoms with Gasteiger partial charge in [-0.1, -0.05) is 19.9 Å². The van der Waals surface area contributed by atoms with Crippen molar-refractivity contribution >= 4 is 17.4 Å². The normalized spacial score (nSPS) is 8.75. The molecule has 88 valence electrons. The molecule has 0 amide bonds. The maximum absolute atomic E-state index is 11.1. The quantitative estimate of drug-likeness (QED) is 0.458. The number of anilines is 1. The van der Waals surface area contributed by atoms with Crippen molar-refractivity contribution in [3.05, 3.63) is 29.3 Å². The Bertz CT molecular complexity index is 387. The monoisotopic (exact) mass is 222 g/mol. The van der Waals surface area contributed by atoms with E-state index < -0.39 is 5.97 Å². The number of esters is 1. The summed E-state index contributed by atoms with van der Waals surface area (Å²) >= 11 is 0. The van der Waals surface area contributed by atoms with Gasteiger partial charge in [-0.3, -0.25) is 0 Å². The molecule has 0 unspecified atom stereocenters. The Kier molecular flexibility index (Phi) is 5.85. The van der Waals surface area contributed by atoms with Crippen LogP contribution in [0.1, 0.15) is 36.7 Å². The second-order valence-corrected chi connectivity index (χ2v) is 2.92. The van der Waals surface area contributed by atoms with Crippen LogP contribution in [0.25, 0.3) is 0 Å². The average molecular weight is 222 g/mol. The maximum atomic E-state index is 11.1. The average Bonchev–Trinajstić information content (AvgIpc) is 2.30. The molecular formula is C12H18N2O2. The number of rotatable bonds is 2. The van der Waals surface area contributed by atoms with Crippen LogP contribution in [0.2, 0.25) is 0 Å². The third-order valence-corrected chi connectivity index (χ3v) is 1.88. The highest BCUT2D eigenvalue weighted by Gasteiger charge is 2.08. The van der Waals surface area contributed by atoms with Gasteiger partial charge in [-0.05, 0) is 19.1 Å². The Morgan fingerprint density at radius 3 is 2.31 bits per heavy atom. The number of hydrogen-bond acceptors (Lipinski definition) is 4. The van der Waals surface area contributed by atoms with E-state index in [1.165, 1.54) is 13.2 Å². The van der Waals surface area contributed by atoms with Gasteiger partial charge in [0, 0.05) is 17.0 Å². The predicted octanol–water partition coefficient (Wildman–Crippen LogP) is 2.47. The molecule has 0 aliphatic carbocycles. The van der Waals surface area contributed by atoms with E-state index in [9.17, 15) is 4.79 Å². The van der Waals surface area contributed by atoms with Crippen molar-refractivity contribution in [3.8, 4) is 0 Å². The first-order valence-corrected chi connectivity index (χ1v) is 5.09. The van der Waals surface area contributed by atoms with Gasteiger partial charge in [-0.2, -0.15) is 0 Å². The van der Waals surface area contributed by atoms with Crippen LogP contribution in [-0.4, -0.2) is 18.8 Å². The van der Waals surface area contributed by atoms with Crippen molar-refractivity contribution in [2.75, 3.05) is 12.8 Å². The summed E-state index contributed by atoms with van der Waals surface area (Å²) in [5.74, 6) is -0.425. The summed E-state index contributed by atoms with van der Waals surface area (Å²) < 4.78 is 4.54. The first-order valence-electron chi connectivity index (χ1n) is 5.09. The SMILES string of the molecule is CC.COC(=O)c1ccc(C(C)=N)c(N)c1. The van der Waals surface area contributed by atoms with Crippen molar-refractivity contribution in [2.45, 2.75) is 20.8 Å². The van der Waals surface area contributed by atoms with Gasteiger partial charge in [-0.15, -0.1) is 0 Å². The predicted molar refractivity (Wildman–Crippen MR) is 66.0 cm³/mol. The van der Waals surface area contributed by atoms with Crippen LogP contribution in [0, 0.1) is 5.41 Å². The molecule has 0 saturated heterocycles. The standard InChI is InChI=1S/C10H12N2O2.C2H6/c1-6(11)8-4-3-7(5-9(8)12)10(13)14-2;1-2/h3-5,11H,12H2,1-2H3;1-2H3. The molecule has 4 nitrogen and oxygen atoms in total. The first-order chi connectivity index (χ1) is 7.56. The lowest BCUT2D eigenvalue weighted by Crippen LogP contribution is -2.05. The molecule has 0 aliphatic heterocycles. The Morgan fingerprint density at radius 2 is 1.94 bits per heavy atom. The second-order valence-electron chi connectivity index (χ2n) is 2.92. The second kappa shape index (κ2) is 6.61. The fraction of sp³-hybridized carbons (Fsp3) is 0.333. The lowest BCUT2D eigenvalue weighted by Gasteiger charge is -2.05. The van der Waals surface area contributed by atoms with E-state index in [4.69, 9.17) is 11.1 Å². The Morgan fingerprint density at radius 1 is 1.38 bits per heavy atom. The van der Waals surface area contributed by atoms with Crippen molar-refractivity contribution in [3.63, 3.8) is 0 Å². The summed E-state index contributed by atoms with van der Waals surface area (Å²) in [6.45, 7) is 5.64. The zero-order chi connectivity index (χ0) is 12.7. The number of hydrogen-bond donors (Lipinski definition) is 2. The van der Waals surface area contributed by atoms with E-state index in [1.54, 1.807) is 19.1 Å². The minimum atomic E-state index is -0.425. The molecule has 0 radical (unpaired) electrons. The van der Waals surface area contributed by atoms with Gasteiger partial charge < -0.3 is 15.9 Å². The van der Waals surface area contributed by atoms with Gasteiger partial charge in [0.05, 0.1) is 12.7 Å². The molecule has 0 fully saturated rings. The van der Waals surface area contributed by atoms with Crippen LogP contribution in [-0.2, 0) is 4.74 Å². The molecule has 16 heavy (non-hydrogen) atoms. The Hall–Kier alpha value is -1.84. The molecule has 1 aromatic rings. The largest absolute Gasteiger partial charge is 0.465 e. The third-order valence-electron chi connectivity index (χ3n) is 1.88. The number of nitrogen functional groups attached to an aromatic ring is 1. The number of carbonyl (C=O) groups is 1. The van der Waals surface area contributed by atoms with Crippen LogP contribution in [0.3, 0.4) is 0 Å². The van der Waals surface area contributed by atoms with Crippen molar-refractivity contribution in [2.24, 2.45) is 0 Å². The molecule has 0 aliphatic rings. The number of ether oxygens (including phenoxy) is 1. The minimum Gasteiger partial charge on any atom is -0.465 e. The minimum absolute atomic E-state index is 0.374. The third kappa shape index (κ3) is 3.38. The fourth-order valence-electron chi connectivity index (χ4n) is 1.15. The summed E-state index contributed by atoms with van der Waals surface area (Å²) in [7, 11) is 1.31. The molecule has 0 saturated carbocycles. The molecule has 0 heterocycles. The highest BCUT2D eigenvalue weighted by Crippen LogP contribution is 2.15. The van der Waals surface area contributed by atoms with Crippen LogP contribution >= 0.6 is 0 Å². The van der Waals surface area contributed by atoms with E-state index >= 15 is 0 Å². The molecule has 0 bridgehead atoms. The number of benzene rings is 1. The smallest absolute Gasteiger partial charge is 0.337 e. The zero-order valence-corrected chi connectivity index (χ0v) is 10.1. The number of nitrogens with one attached hydrogen (secondary N) is 1. The Labute approximate surface area is 95.9 Å². The number of carbonyl (C=O) groups excluding carboxylic acids is 1. The van der Waals surface area contributed by atoms with E-state index in [2.05, 4.69) is 4.74 Å². The van der Waals surface area contributed by atoms with E-state index in [-0.39, 0.29) is 0 Å². The number of methoxy groups -OCH3 is 1. The molecule has 0 spiro atoms. The molecule has 1 aromatic carbocycles. The zero-order valence-electron chi connectivity index (χ0n) is 10.1. The molecule has 1 rings (SSSR count). The number of nitrogens with two attached hydrogens (primary N) is 1. The van der Waals surface area contributed by atoms with Crippen LogP contribution < -0.4 is 5.73 Å². The van der Waals surface area contributed by atoms with Crippen LogP contribution in [0.5, 0.6) is 0 Å². The van der Waals surface area contributed by atoms with Gasteiger partial charge in [0.15, 0.2) is 0 Å². The molecule has 0 aromatic heterocycles. The molecule has 0 atom stereocenters. The van der Waals surface area contributed by atoms with E-state index in [0.717, 1.165) is 0 Å². The highest BCUT2D eigenvalue weighted by molar-refractivity contribution is 6.02. The molecule has 4 heteroatoms. The lowest BCUT2D eigenvalue weighted by atomic mass is 10.1. The van der Waals surface area contributed by atoms with Crippen LogP contribution in [0.4, 0.5) is 5.69 Å². The lowest BCUT2D eigenvalue weighted by molar-refractivity contribution is 0.0601. The van der Waals surface area contributed by atoms with E-state index in [0.29, 0.717) is 22.5 Å². The van der Waals surface area contributed by atoms with Gasteiger partial charge >= 0.3 is 5.97 Å². The van der Waals surface area contributed by atoms with Crippen molar-refractivity contribution < 1.29 is 9.53 Å². The Balaban J connectivity index is 0.00000106. The summed E-state index contributed by atoms with van der Waals surface area (Å²) in [5.41, 5.74) is 7.49. The maximum Gasteiger partial charge on any atom is 0.337 e. The summed E-state index contributed by atoms with van der Waals surface area (Å²) in [6, 6.07) is 4.75. The van der Waals surface area contributed by atoms with Gasteiger partial charge in [0.2, 0.25) is 0 Å². The van der Waals surface area contributed by atoms with Crippen molar-refractivity contribution in [1.82, 2.24) is 0 Å². The fourth-order valence-corrected chi connectivity index (χ4v) is 1.15. The van der Waals surface area contributed by atoms with Gasteiger partial charge in [0.25, 0.3) is 0 Å². The van der Waals surface area contributed by atoms with Gasteiger partial charge in [-0.25, -0.2) is 4.79 Å². The van der Waals surface area contributed by atoms with Crippen LogP contribution in [0.15, 0.2) is 18.2 Å². The topological polar surface area (TPSA) is 76.2 Å². The summed E-state index contributed by atoms with van der Waals surface area (Å²) in [4.78, 5) is 11.1. The van der Waals surface area contributed by atoms with E-state index in [1.807, 2.05) is 13.8 Å². The first kappa shape index (κ1) is 14.2. The van der Waals surface area contributed by atoms with Gasteiger partial charge in [0.1, 0.15) is 0 Å². The molecular weight excluding hydrogens is 204 g/mol. The summed E-state index contributed by atoms with van der Waals surface area (Å²) in [5, 5.41) is 7.40. The molecule has 3 N–H and O–H groups in total. The summed E-state index contributed by atoms with van der Waals surface area (Å²) in [6.07, 6.45) is 0. The van der Waals surface area contributed by atoms with Crippen molar-refractivity contribution in [1.29, 1.82) is 5.41 Å².